The van der Waals surface area contributed by atoms with Gasteiger partial charge in [-0.15, -0.1) is 0 Å². The van der Waals surface area contributed by atoms with Gasteiger partial charge in [0, 0.05) is 24.2 Å². The number of sulfone groups is 1. The molecule has 0 unspecified atom stereocenters. The van der Waals surface area contributed by atoms with Crippen molar-refractivity contribution in [2.75, 3.05) is 6.54 Å². The van der Waals surface area contributed by atoms with Crippen LogP contribution in [-0.4, -0.2) is 25.8 Å². The summed E-state index contributed by atoms with van der Waals surface area (Å²) in [6.07, 6.45) is 1.37. The van der Waals surface area contributed by atoms with Crippen LogP contribution in [0.15, 0.2) is 76.2 Å². The lowest BCUT2D eigenvalue weighted by atomic mass is 10.2. The van der Waals surface area contributed by atoms with Crippen molar-refractivity contribution in [3.05, 3.63) is 93.9 Å². The van der Waals surface area contributed by atoms with E-state index in [0.29, 0.717) is 0 Å². The SMILES string of the molecule is Cc1ccc(S(=O)(=O)[C@@H](CNC(=O)c2ccc([N+](=O)[O-])cc2)c2ccco2)cc1. The van der Waals surface area contributed by atoms with Gasteiger partial charge in [0.05, 0.1) is 16.1 Å². The molecule has 0 radical (unpaired) electrons. The van der Waals surface area contributed by atoms with Gasteiger partial charge in [0.2, 0.25) is 0 Å². The van der Waals surface area contributed by atoms with E-state index in [1.165, 1.54) is 48.7 Å². The van der Waals surface area contributed by atoms with Crippen molar-refractivity contribution in [2.45, 2.75) is 17.1 Å². The van der Waals surface area contributed by atoms with Crippen LogP contribution in [0, 0.1) is 17.0 Å². The fourth-order valence-corrected chi connectivity index (χ4v) is 4.34. The maximum atomic E-state index is 13.1. The number of benzene rings is 2. The Labute approximate surface area is 167 Å². The summed E-state index contributed by atoms with van der Waals surface area (Å²) in [4.78, 5) is 22.7. The number of carbonyl (C=O) groups is 1. The number of nitrogens with zero attached hydrogens (tertiary/aromatic N) is 1. The maximum absolute atomic E-state index is 13.1. The van der Waals surface area contributed by atoms with Gasteiger partial charge in [-0.1, -0.05) is 17.7 Å². The average molecular weight is 414 g/mol. The van der Waals surface area contributed by atoms with Crippen molar-refractivity contribution < 1.29 is 22.6 Å². The van der Waals surface area contributed by atoms with Crippen molar-refractivity contribution >= 4 is 21.4 Å². The summed E-state index contributed by atoms with van der Waals surface area (Å²) in [5.74, 6) is -0.342. The Hall–Kier alpha value is -3.46. The van der Waals surface area contributed by atoms with Crippen LogP contribution in [0.4, 0.5) is 5.69 Å². The Morgan fingerprint density at radius 2 is 1.76 bits per heavy atom. The summed E-state index contributed by atoms with van der Waals surface area (Å²) in [5, 5.41) is 12.2. The van der Waals surface area contributed by atoms with Crippen molar-refractivity contribution in [3.8, 4) is 0 Å². The van der Waals surface area contributed by atoms with E-state index in [9.17, 15) is 23.3 Å². The van der Waals surface area contributed by atoms with Gasteiger partial charge < -0.3 is 9.73 Å². The van der Waals surface area contributed by atoms with Gasteiger partial charge in [0.25, 0.3) is 11.6 Å². The zero-order valence-electron chi connectivity index (χ0n) is 15.4. The van der Waals surface area contributed by atoms with Gasteiger partial charge in [0.1, 0.15) is 11.0 Å². The number of amides is 1. The smallest absolute Gasteiger partial charge is 0.269 e. The van der Waals surface area contributed by atoms with Crippen LogP contribution in [0.25, 0.3) is 0 Å². The number of nitro benzene ring substituents is 1. The van der Waals surface area contributed by atoms with E-state index in [2.05, 4.69) is 5.32 Å². The number of rotatable bonds is 7. The molecule has 0 bridgehead atoms. The fraction of sp³-hybridized carbons (Fsp3) is 0.150. The lowest BCUT2D eigenvalue weighted by Gasteiger charge is -2.17. The van der Waals surface area contributed by atoms with Crippen molar-refractivity contribution in [2.24, 2.45) is 0 Å². The number of nitrogens with one attached hydrogen (secondary N) is 1. The maximum Gasteiger partial charge on any atom is 0.269 e. The molecule has 0 spiro atoms. The Morgan fingerprint density at radius 1 is 1.10 bits per heavy atom. The van der Waals surface area contributed by atoms with Crippen LogP contribution in [0.2, 0.25) is 0 Å². The van der Waals surface area contributed by atoms with E-state index in [0.717, 1.165) is 5.56 Å². The minimum Gasteiger partial charge on any atom is -0.468 e. The molecule has 0 aliphatic rings. The molecular formula is C20H18N2O6S. The molecule has 150 valence electrons. The van der Waals surface area contributed by atoms with Crippen LogP contribution >= 0.6 is 0 Å². The molecule has 0 saturated carbocycles. The molecule has 0 saturated heterocycles. The van der Waals surface area contributed by atoms with E-state index < -0.39 is 25.9 Å². The Bertz CT molecular complexity index is 1100. The van der Waals surface area contributed by atoms with Gasteiger partial charge in [-0.25, -0.2) is 8.42 Å². The second kappa shape index (κ2) is 8.27. The average Bonchev–Trinajstić information content (AvgIpc) is 3.22. The van der Waals surface area contributed by atoms with Gasteiger partial charge in [-0.2, -0.15) is 0 Å². The van der Waals surface area contributed by atoms with Gasteiger partial charge in [-0.05, 0) is 43.3 Å². The molecular weight excluding hydrogens is 396 g/mol. The second-order valence-electron chi connectivity index (χ2n) is 6.38. The highest BCUT2D eigenvalue weighted by Crippen LogP contribution is 2.29. The van der Waals surface area contributed by atoms with E-state index in [1.807, 2.05) is 6.92 Å². The van der Waals surface area contributed by atoms with Crippen LogP contribution in [0.3, 0.4) is 0 Å². The molecule has 1 N–H and O–H groups in total. The van der Waals surface area contributed by atoms with Gasteiger partial charge in [-0.3, -0.25) is 14.9 Å². The molecule has 1 amide bonds. The zero-order chi connectivity index (χ0) is 21.0. The first-order chi connectivity index (χ1) is 13.8. The lowest BCUT2D eigenvalue weighted by Crippen LogP contribution is -2.31. The van der Waals surface area contributed by atoms with E-state index >= 15 is 0 Å². The predicted molar refractivity (Wildman–Crippen MR) is 105 cm³/mol. The van der Waals surface area contributed by atoms with Crippen molar-refractivity contribution in [1.82, 2.24) is 5.32 Å². The largest absolute Gasteiger partial charge is 0.468 e. The summed E-state index contributed by atoms with van der Waals surface area (Å²) < 4.78 is 31.6. The zero-order valence-corrected chi connectivity index (χ0v) is 16.3. The van der Waals surface area contributed by atoms with Gasteiger partial charge in [0.15, 0.2) is 9.84 Å². The van der Waals surface area contributed by atoms with E-state index in [4.69, 9.17) is 4.42 Å². The first-order valence-electron chi connectivity index (χ1n) is 8.65. The predicted octanol–water partition coefficient (Wildman–Crippen LogP) is 3.44. The molecule has 0 aliphatic carbocycles. The third kappa shape index (κ3) is 4.52. The first-order valence-corrected chi connectivity index (χ1v) is 10.2. The van der Waals surface area contributed by atoms with Gasteiger partial charge >= 0.3 is 0 Å². The van der Waals surface area contributed by atoms with E-state index in [-0.39, 0.29) is 28.5 Å². The second-order valence-corrected chi connectivity index (χ2v) is 8.51. The van der Waals surface area contributed by atoms with E-state index in [1.54, 1.807) is 18.2 Å². The third-order valence-corrected chi connectivity index (χ3v) is 6.45. The fourth-order valence-electron chi connectivity index (χ4n) is 2.75. The lowest BCUT2D eigenvalue weighted by molar-refractivity contribution is -0.384. The third-order valence-electron chi connectivity index (χ3n) is 4.37. The highest BCUT2D eigenvalue weighted by Gasteiger charge is 2.32. The Morgan fingerprint density at radius 3 is 2.31 bits per heavy atom. The van der Waals surface area contributed by atoms with Crippen molar-refractivity contribution in [1.29, 1.82) is 0 Å². The number of hydrogen-bond donors (Lipinski definition) is 1. The molecule has 3 aromatic rings. The number of carbonyl (C=O) groups excluding carboxylic acids is 1. The summed E-state index contributed by atoms with van der Waals surface area (Å²) in [7, 11) is -3.83. The monoisotopic (exact) mass is 414 g/mol. The highest BCUT2D eigenvalue weighted by molar-refractivity contribution is 7.91. The summed E-state index contributed by atoms with van der Waals surface area (Å²) in [5.41, 5.74) is 0.962. The summed E-state index contributed by atoms with van der Waals surface area (Å²) in [6, 6.07) is 14.6. The first kappa shape index (κ1) is 20.3. The molecule has 0 fully saturated rings. The molecule has 0 aliphatic heterocycles. The molecule has 2 aromatic carbocycles. The van der Waals surface area contributed by atoms with Crippen LogP contribution < -0.4 is 5.32 Å². The molecule has 3 rings (SSSR count). The number of hydrogen-bond acceptors (Lipinski definition) is 6. The molecule has 9 heteroatoms. The van der Waals surface area contributed by atoms with Crippen molar-refractivity contribution in [3.63, 3.8) is 0 Å². The number of non-ortho nitro benzene ring substituents is 1. The molecule has 8 nitrogen and oxygen atoms in total. The van der Waals surface area contributed by atoms with Crippen LogP contribution in [0.1, 0.15) is 26.9 Å². The van der Waals surface area contributed by atoms with Crippen LogP contribution in [0.5, 0.6) is 0 Å². The molecule has 1 heterocycles. The molecule has 29 heavy (non-hydrogen) atoms. The topological polar surface area (TPSA) is 120 Å². The quantitative estimate of drug-likeness (QED) is 0.467. The standard InChI is InChI=1S/C20H18N2O6S/c1-14-4-10-17(11-5-14)29(26,27)19(18-3-2-12-28-18)13-21-20(23)15-6-8-16(9-7-15)22(24)25/h2-12,19H,13H2,1H3,(H,21,23)/t19-/m0/s1. The highest BCUT2D eigenvalue weighted by atomic mass is 32.2. The minimum absolute atomic E-state index is 0.120. The molecule has 1 atom stereocenters. The number of nitro groups is 1. The normalized spacial score (nSPS) is 12.3. The summed E-state index contributed by atoms with van der Waals surface area (Å²) in [6.45, 7) is 1.63. The Balaban J connectivity index is 1.82. The number of furan rings is 1. The summed E-state index contributed by atoms with van der Waals surface area (Å²) >= 11 is 0. The minimum atomic E-state index is -3.83. The number of aryl methyl sites for hydroxylation is 1. The Kier molecular flexibility index (Phi) is 5.79. The van der Waals surface area contributed by atoms with Crippen LogP contribution in [-0.2, 0) is 9.84 Å². The molecule has 1 aromatic heterocycles.